The lowest BCUT2D eigenvalue weighted by Crippen LogP contribution is -2.36. The fourth-order valence-corrected chi connectivity index (χ4v) is 5.59. The molecule has 0 unspecified atom stereocenters. The van der Waals surface area contributed by atoms with Gasteiger partial charge in [-0.25, -0.2) is 23.7 Å². The zero-order valence-corrected chi connectivity index (χ0v) is 20.5. The van der Waals surface area contributed by atoms with Gasteiger partial charge in [-0.1, -0.05) is 0 Å². The Hall–Kier alpha value is -3.14. The van der Waals surface area contributed by atoms with Crippen molar-refractivity contribution in [3.05, 3.63) is 41.9 Å². The van der Waals surface area contributed by atoms with Gasteiger partial charge in [-0.05, 0) is 69.4 Å². The number of rotatable bonds is 6. The quantitative estimate of drug-likeness (QED) is 0.462. The van der Waals surface area contributed by atoms with E-state index in [2.05, 4.69) is 15.6 Å². The van der Waals surface area contributed by atoms with E-state index in [1.54, 1.807) is 6.20 Å². The molecule has 2 aliphatic rings. The number of amides is 1. The lowest BCUT2D eigenvalue weighted by atomic mass is 9.84. The number of imidazole rings is 1. The van der Waals surface area contributed by atoms with Gasteiger partial charge in [-0.3, -0.25) is 9.36 Å². The standard InChI is InChI=1S/C26H33F2N7O/c1-15(36)31-19-7-9-20(10-8-19)35-25-23(33-26(35)32-22-11-4-17(27)13-21(22)28)14-30-24(34-25)12-16-2-5-18(29)6-3-16/h4,11,13-14,16,18-20H,2-3,5-10,12,29H2,1H3,(H,31,36)(H,32,33). The molecule has 10 heteroatoms. The molecule has 0 saturated heterocycles. The molecule has 36 heavy (non-hydrogen) atoms. The molecule has 0 aliphatic heterocycles. The van der Waals surface area contributed by atoms with Crippen molar-refractivity contribution >= 4 is 28.7 Å². The second kappa shape index (κ2) is 10.5. The molecule has 4 N–H and O–H groups in total. The lowest BCUT2D eigenvalue weighted by Gasteiger charge is -2.30. The molecule has 2 aromatic heterocycles. The summed E-state index contributed by atoms with van der Waals surface area (Å²) in [4.78, 5) is 25.7. The average Bonchev–Trinajstić information content (AvgIpc) is 3.20. The third kappa shape index (κ3) is 5.48. The number of carbonyl (C=O) groups is 1. The topological polar surface area (TPSA) is 111 Å². The van der Waals surface area contributed by atoms with Gasteiger partial charge in [0, 0.05) is 37.5 Å². The first kappa shape index (κ1) is 24.5. The normalized spacial score (nSPS) is 24.6. The maximum Gasteiger partial charge on any atom is 0.217 e. The van der Waals surface area contributed by atoms with E-state index in [-0.39, 0.29) is 23.7 Å². The summed E-state index contributed by atoms with van der Waals surface area (Å²) >= 11 is 0. The first-order chi connectivity index (χ1) is 17.4. The number of nitrogens with zero attached hydrogens (tertiary/aromatic N) is 4. The minimum absolute atomic E-state index is 0.0262. The molecule has 5 rings (SSSR count). The van der Waals surface area contributed by atoms with Crippen molar-refractivity contribution in [2.24, 2.45) is 11.7 Å². The fourth-order valence-electron chi connectivity index (χ4n) is 5.59. The van der Waals surface area contributed by atoms with Crippen LogP contribution in [0.1, 0.15) is 70.2 Å². The van der Waals surface area contributed by atoms with Crippen LogP contribution in [0.2, 0.25) is 0 Å². The number of fused-ring (bicyclic) bond motifs is 1. The summed E-state index contributed by atoms with van der Waals surface area (Å²) in [7, 11) is 0. The molecule has 2 heterocycles. The number of halogens is 2. The fraction of sp³-hybridized carbons (Fsp3) is 0.538. The Kier molecular flexibility index (Phi) is 7.13. The van der Waals surface area contributed by atoms with E-state index in [1.165, 1.54) is 19.1 Å². The number of aromatic nitrogens is 4. The first-order valence-electron chi connectivity index (χ1n) is 12.8. The Bertz CT molecular complexity index is 1230. The summed E-state index contributed by atoms with van der Waals surface area (Å²) in [6.45, 7) is 1.53. The smallest absolute Gasteiger partial charge is 0.217 e. The molecule has 0 atom stereocenters. The van der Waals surface area contributed by atoms with Gasteiger partial charge in [0.15, 0.2) is 5.65 Å². The van der Waals surface area contributed by atoms with Gasteiger partial charge in [-0.15, -0.1) is 0 Å². The van der Waals surface area contributed by atoms with Crippen molar-refractivity contribution in [1.29, 1.82) is 0 Å². The first-order valence-corrected chi connectivity index (χ1v) is 12.8. The lowest BCUT2D eigenvalue weighted by molar-refractivity contribution is -0.119. The molecule has 2 aliphatic carbocycles. The molecule has 1 amide bonds. The van der Waals surface area contributed by atoms with E-state index >= 15 is 0 Å². The number of carbonyl (C=O) groups excluding carboxylic acids is 1. The average molecular weight is 498 g/mol. The molecule has 8 nitrogen and oxygen atoms in total. The van der Waals surface area contributed by atoms with Crippen LogP contribution in [0.3, 0.4) is 0 Å². The van der Waals surface area contributed by atoms with Gasteiger partial charge in [0.1, 0.15) is 23.0 Å². The Labute approximate surface area is 209 Å². The number of hydrogen-bond donors (Lipinski definition) is 3. The summed E-state index contributed by atoms with van der Waals surface area (Å²) in [5, 5.41) is 6.07. The minimum atomic E-state index is -0.690. The van der Waals surface area contributed by atoms with Crippen LogP contribution < -0.4 is 16.4 Å². The van der Waals surface area contributed by atoms with E-state index in [9.17, 15) is 13.6 Å². The van der Waals surface area contributed by atoms with Crippen molar-refractivity contribution < 1.29 is 13.6 Å². The van der Waals surface area contributed by atoms with Gasteiger partial charge in [-0.2, -0.15) is 0 Å². The number of nitrogens with one attached hydrogen (secondary N) is 2. The van der Waals surface area contributed by atoms with Gasteiger partial charge >= 0.3 is 0 Å². The largest absolute Gasteiger partial charge is 0.354 e. The van der Waals surface area contributed by atoms with Crippen molar-refractivity contribution in [3.8, 4) is 0 Å². The number of benzene rings is 1. The SMILES string of the molecule is CC(=O)NC1CCC(n2c(Nc3ccc(F)cc3F)nc3cnc(CC4CCC(N)CC4)nc32)CC1. The van der Waals surface area contributed by atoms with Gasteiger partial charge < -0.3 is 16.4 Å². The zero-order chi connectivity index (χ0) is 25.2. The highest BCUT2D eigenvalue weighted by molar-refractivity contribution is 5.76. The van der Waals surface area contributed by atoms with E-state index in [0.717, 1.165) is 69.7 Å². The van der Waals surface area contributed by atoms with Gasteiger partial charge in [0.25, 0.3) is 0 Å². The second-order valence-electron chi connectivity index (χ2n) is 10.2. The summed E-state index contributed by atoms with van der Waals surface area (Å²) in [5.41, 5.74) is 7.55. The van der Waals surface area contributed by atoms with Crippen molar-refractivity contribution in [3.63, 3.8) is 0 Å². The molecule has 192 valence electrons. The van der Waals surface area contributed by atoms with Crippen LogP contribution >= 0.6 is 0 Å². The predicted molar refractivity (Wildman–Crippen MR) is 134 cm³/mol. The summed E-state index contributed by atoms with van der Waals surface area (Å²) in [5.74, 6) is 0.385. The zero-order valence-electron chi connectivity index (χ0n) is 20.5. The van der Waals surface area contributed by atoms with Crippen LogP contribution in [-0.4, -0.2) is 37.5 Å². The third-order valence-electron chi connectivity index (χ3n) is 7.49. The van der Waals surface area contributed by atoms with E-state index in [4.69, 9.17) is 15.7 Å². The van der Waals surface area contributed by atoms with Gasteiger partial charge in [0.05, 0.1) is 11.9 Å². The monoisotopic (exact) mass is 497 g/mol. The maximum absolute atomic E-state index is 14.5. The third-order valence-corrected chi connectivity index (χ3v) is 7.49. The van der Waals surface area contributed by atoms with Gasteiger partial charge in [0.2, 0.25) is 11.9 Å². The second-order valence-corrected chi connectivity index (χ2v) is 10.2. The van der Waals surface area contributed by atoms with Crippen molar-refractivity contribution in [2.45, 2.75) is 82.8 Å². The molecule has 2 saturated carbocycles. The molecule has 3 aromatic rings. The molecule has 0 spiro atoms. The summed E-state index contributed by atoms with van der Waals surface area (Å²) in [6, 6.07) is 3.93. The summed E-state index contributed by atoms with van der Waals surface area (Å²) in [6.07, 6.45) is 10.0. The molecule has 0 bridgehead atoms. The maximum atomic E-state index is 14.5. The minimum Gasteiger partial charge on any atom is -0.354 e. The molecule has 0 radical (unpaired) electrons. The Balaban J connectivity index is 1.46. The highest BCUT2D eigenvalue weighted by atomic mass is 19.1. The van der Waals surface area contributed by atoms with Crippen LogP contribution in [0.5, 0.6) is 0 Å². The van der Waals surface area contributed by atoms with E-state index < -0.39 is 11.6 Å². The number of anilines is 2. The number of nitrogens with two attached hydrogens (primary N) is 1. The van der Waals surface area contributed by atoms with Crippen LogP contribution in [0.25, 0.3) is 11.2 Å². The van der Waals surface area contributed by atoms with Crippen molar-refractivity contribution in [2.75, 3.05) is 5.32 Å². The molecular weight excluding hydrogens is 464 g/mol. The highest BCUT2D eigenvalue weighted by Gasteiger charge is 2.28. The van der Waals surface area contributed by atoms with Crippen LogP contribution in [0, 0.1) is 17.6 Å². The highest BCUT2D eigenvalue weighted by Crippen LogP contribution is 2.35. The molecule has 2 fully saturated rings. The Morgan fingerprint density at radius 2 is 1.83 bits per heavy atom. The van der Waals surface area contributed by atoms with Crippen molar-refractivity contribution in [1.82, 2.24) is 24.8 Å². The van der Waals surface area contributed by atoms with E-state index in [1.807, 2.05) is 4.57 Å². The van der Waals surface area contributed by atoms with Crippen LogP contribution in [-0.2, 0) is 11.2 Å². The molecule has 1 aromatic carbocycles. The van der Waals surface area contributed by atoms with E-state index in [0.29, 0.717) is 29.1 Å². The van der Waals surface area contributed by atoms with Crippen LogP contribution in [0.15, 0.2) is 24.4 Å². The Morgan fingerprint density at radius 3 is 2.53 bits per heavy atom. The number of hydrogen-bond acceptors (Lipinski definition) is 6. The summed E-state index contributed by atoms with van der Waals surface area (Å²) < 4.78 is 30.0. The Morgan fingerprint density at radius 1 is 1.08 bits per heavy atom. The molecular formula is C26H33F2N7O. The van der Waals surface area contributed by atoms with Crippen LogP contribution in [0.4, 0.5) is 20.4 Å². The predicted octanol–water partition coefficient (Wildman–Crippen LogP) is 4.53.